The first-order valence-electron chi connectivity index (χ1n) is 9.65. The molecule has 4 heteroatoms. The molecule has 0 aliphatic heterocycles. The smallest absolute Gasteiger partial charge is 0.312 e. The maximum atomic E-state index is 10.2. The Morgan fingerprint density at radius 3 is 2.27 bits per heavy atom. The average Bonchev–Trinajstić information content (AvgIpc) is 3.18. The molecule has 0 aliphatic carbocycles. The summed E-state index contributed by atoms with van der Waals surface area (Å²) >= 11 is 0. The quantitative estimate of drug-likeness (QED) is 0.351. The maximum Gasteiger partial charge on any atom is 0.312 e. The number of benzene rings is 4. The first kappa shape index (κ1) is 17.9. The third-order valence-corrected chi connectivity index (χ3v) is 4.96. The molecule has 5 rings (SSSR count). The lowest BCUT2D eigenvalue weighted by molar-refractivity contribution is 0.337. The number of nitrogens with zero attached hydrogens (tertiary/aromatic N) is 2. The normalized spacial score (nSPS) is 11.3. The summed E-state index contributed by atoms with van der Waals surface area (Å²) in [5.74, 6) is 0.118. The lowest BCUT2D eigenvalue weighted by Crippen LogP contribution is -1.84. The van der Waals surface area contributed by atoms with Gasteiger partial charge in [0.15, 0.2) is 5.69 Å². The number of rotatable bonds is 4. The van der Waals surface area contributed by atoms with E-state index < -0.39 is 0 Å². The Labute approximate surface area is 173 Å². The van der Waals surface area contributed by atoms with Gasteiger partial charge in [-0.2, -0.15) is 0 Å². The van der Waals surface area contributed by atoms with E-state index in [-0.39, 0.29) is 5.95 Å². The molecule has 0 atom stereocenters. The van der Waals surface area contributed by atoms with Gasteiger partial charge in [-0.3, -0.25) is 4.99 Å². The van der Waals surface area contributed by atoms with Crippen LogP contribution in [0.25, 0.3) is 33.4 Å². The molecule has 144 valence electrons. The molecule has 1 N–H and O–H groups in total. The molecule has 0 spiro atoms. The van der Waals surface area contributed by atoms with E-state index in [9.17, 15) is 5.11 Å². The number of aliphatic imine (C=N–C) groups is 1. The van der Waals surface area contributed by atoms with E-state index in [0.29, 0.717) is 11.6 Å². The van der Waals surface area contributed by atoms with Crippen LogP contribution in [0.1, 0.15) is 5.69 Å². The van der Waals surface area contributed by atoms with E-state index in [2.05, 4.69) is 22.1 Å². The van der Waals surface area contributed by atoms with Crippen molar-refractivity contribution < 1.29 is 9.52 Å². The Bertz CT molecular complexity index is 1330. The highest BCUT2D eigenvalue weighted by atomic mass is 16.5. The fraction of sp³-hybridized carbons (Fsp3) is 0. The summed E-state index contributed by atoms with van der Waals surface area (Å²) in [4.78, 5) is 8.88. The van der Waals surface area contributed by atoms with Crippen LogP contribution in [0.2, 0.25) is 0 Å². The van der Waals surface area contributed by atoms with Gasteiger partial charge < -0.3 is 9.52 Å². The molecule has 0 amide bonds. The molecule has 0 bridgehead atoms. The van der Waals surface area contributed by atoms with Crippen molar-refractivity contribution in [1.29, 1.82) is 0 Å². The predicted octanol–water partition coefficient (Wildman–Crippen LogP) is 6.62. The summed E-state index contributed by atoms with van der Waals surface area (Å²) in [6, 6.07) is 32.0. The largest absolute Gasteiger partial charge is 0.479 e. The highest BCUT2D eigenvalue weighted by molar-refractivity contribution is 5.95. The lowest BCUT2D eigenvalue weighted by atomic mass is 10.0. The van der Waals surface area contributed by atoms with Crippen LogP contribution in [-0.4, -0.2) is 16.3 Å². The van der Waals surface area contributed by atoms with Gasteiger partial charge in [-0.1, -0.05) is 78.9 Å². The van der Waals surface area contributed by atoms with Gasteiger partial charge in [0.1, 0.15) is 0 Å². The number of hydrogen-bond donors (Lipinski definition) is 1. The Kier molecular flexibility index (Phi) is 4.58. The zero-order valence-corrected chi connectivity index (χ0v) is 16.1. The molecule has 1 aromatic heterocycles. The van der Waals surface area contributed by atoms with Crippen molar-refractivity contribution in [2.75, 3.05) is 0 Å². The summed E-state index contributed by atoms with van der Waals surface area (Å²) < 4.78 is 5.53. The van der Waals surface area contributed by atoms with Crippen molar-refractivity contribution >= 4 is 22.7 Å². The van der Waals surface area contributed by atoms with Crippen LogP contribution in [0.5, 0.6) is 5.95 Å². The Hall–Kier alpha value is -4.18. The fourth-order valence-electron chi connectivity index (χ4n) is 3.44. The minimum Gasteiger partial charge on any atom is -0.479 e. The number of oxazole rings is 1. The molecule has 0 fully saturated rings. The molecule has 30 heavy (non-hydrogen) atoms. The zero-order valence-electron chi connectivity index (χ0n) is 16.1. The first-order valence-corrected chi connectivity index (χ1v) is 9.65. The predicted molar refractivity (Wildman–Crippen MR) is 120 cm³/mol. The minimum atomic E-state index is -0.248. The van der Waals surface area contributed by atoms with Crippen molar-refractivity contribution in [2.24, 2.45) is 4.99 Å². The van der Waals surface area contributed by atoms with E-state index >= 15 is 0 Å². The van der Waals surface area contributed by atoms with E-state index in [1.54, 1.807) is 0 Å². The molecule has 0 unspecified atom stereocenters. The van der Waals surface area contributed by atoms with Crippen LogP contribution < -0.4 is 0 Å². The first-order chi connectivity index (χ1) is 14.8. The van der Waals surface area contributed by atoms with Crippen molar-refractivity contribution in [3.63, 3.8) is 0 Å². The molecule has 0 saturated carbocycles. The molecule has 0 aliphatic rings. The second-order valence-corrected chi connectivity index (χ2v) is 6.91. The van der Waals surface area contributed by atoms with Crippen LogP contribution in [-0.2, 0) is 0 Å². The van der Waals surface area contributed by atoms with Crippen LogP contribution in [0.15, 0.2) is 106 Å². The molecule has 1 heterocycles. The van der Waals surface area contributed by atoms with Crippen molar-refractivity contribution in [3.8, 4) is 28.5 Å². The molecule has 4 nitrogen and oxygen atoms in total. The SMILES string of the molecule is Oc1oc(-c2cccc3ccccc23)nc1C=Nc1ccc(-c2ccccc2)cc1. The second-order valence-electron chi connectivity index (χ2n) is 6.91. The summed E-state index contributed by atoms with van der Waals surface area (Å²) in [6.07, 6.45) is 1.52. The molecule has 5 aromatic rings. The van der Waals surface area contributed by atoms with E-state index in [1.807, 2.05) is 84.9 Å². The Morgan fingerprint density at radius 2 is 1.43 bits per heavy atom. The van der Waals surface area contributed by atoms with Gasteiger partial charge in [-0.05, 0) is 40.1 Å². The number of fused-ring (bicyclic) bond motifs is 1. The van der Waals surface area contributed by atoms with Crippen molar-refractivity contribution in [3.05, 3.63) is 103 Å². The maximum absolute atomic E-state index is 10.2. The Balaban J connectivity index is 1.42. The van der Waals surface area contributed by atoms with Gasteiger partial charge >= 0.3 is 5.95 Å². The molecular formula is C26H18N2O2. The topological polar surface area (TPSA) is 58.6 Å². The average molecular weight is 390 g/mol. The monoisotopic (exact) mass is 390 g/mol. The summed E-state index contributed by atoms with van der Waals surface area (Å²) in [6.45, 7) is 0. The zero-order chi connectivity index (χ0) is 20.3. The van der Waals surface area contributed by atoms with Crippen LogP contribution >= 0.6 is 0 Å². The highest BCUT2D eigenvalue weighted by Crippen LogP contribution is 2.31. The molecule has 0 saturated heterocycles. The third kappa shape index (κ3) is 3.47. The summed E-state index contributed by atoms with van der Waals surface area (Å²) in [5.41, 5.74) is 4.17. The van der Waals surface area contributed by atoms with Gasteiger partial charge in [0.25, 0.3) is 0 Å². The van der Waals surface area contributed by atoms with Gasteiger partial charge in [0, 0.05) is 5.56 Å². The summed E-state index contributed by atoms with van der Waals surface area (Å²) in [7, 11) is 0. The second kappa shape index (κ2) is 7.68. The molecular weight excluding hydrogens is 372 g/mol. The van der Waals surface area contributed by atoms with Gasteiger partial charge in [0.05, 0.1) is 11.9 Å². The van der Waals surface area contributed by atoms with E-state index in [0.717, 1.165) is 33.2 Å². The van der Waals surface area contributed by atoms with E-state index in [4.69, 9.17) is 4.42 Å². The van der Waals surface area contributed by atoms with Crippen LogP contribution in [0.3, 0.4) is 0 Å². The van der Waals surface area contributed by atoms with Crippen LogP contribution in [0, 0.1) is 0 Å². The number of aromatic hydroxyl groups is 1. The number of aromatic nitrogens is 1. The van der Waals surface area contributed by atoms with Crippen molar-refractivity contribution in [2.45, 2.75) is 0 Å². The Morgan fingerprint density at radius 1 is 0.733 bits per heavy atom. The van der Waals surface area contributed by atoms with Crippen molar-refractivity contribution in [1.82, 2.24) is 4.98 Å². The number of hydrogen-bond acceptors (Lipinski definition) is 4. The highest BCUT2D eigenvalue weighted by Gasteiger charge is 2.14. The van der Waals surface area contributed by atoms with E-state index in [1.165, 1.54) is 6.21 Å². The van der Waals surface area contributed by atoms with Crippen LogP contribution in [0.4, 0.5) is 5.69 Å². The van der Waals surface area contributed by atoms with Gasteiger partial charge in [-0.25, -0.2) is 4.98 Å². The third-order valence-electron chi connectivity index (χ3n) is 4.96. The minimum absolute atomic E-state index is 0.248. The molecule has 0 radical (unpaired) electrons. The van der Waals surface area contributed by atoms with Gasteiger partial charge in [-0.15, -0.1) is 0 Å². The molecule has 4 aromatic carbocycles. The van der Waals surface area contributed by atoms with Gasteiger partial charge in [0.2, 0.25) is 5.89 Å². The lowest BCUT2D eigenvalue weighted by Gasteiger charge is -2.01. The fourth-order valence-corrected chi connectivity index (χ4v) is 3.44. The summed E-state index contributed by atoms with van der Waals surface area (Å²) in [5, 5.41) is 12.3. The standard InChI is InChI=1S/C26H18N2O2/c29-26-24(17-27-21-15-13-19(14-16-21)18-7-2-1-3-8-18)28-25(30-26)23-12-6-10-20-9-4-5-11-22(20)23/h1-17,29H.